The third kappa shape index (κ3) is 1.49. The van der Waals surface area contributed by atoms with Crippen LogP contribution in [0.1, 0.15) is 0 Å². The van der Waals surface area contributed by atoms with E-state index in [0.717, 1.165) is 0 Å². The second kappa shape index (κ2) is 2.92. The Labute approximate surface area is 86.4 Å². The van der Waals surface area contributed by atoms with Crippen LogP contribution in [0.2, 0.25) is 0 Å². The summed E-state index contributed by atoms with van der Waals surface area (Å²) in [6.45, 7) is 0. The molecule has 7 nitrogen and oxygen atoms in total. The Morgan fingerprint density at radius 3 is 2.20 bits per heavy atom. The maximum atomic E-state index is 11.5. The SMILES string of the molecule is Nc1cccc2c1S(=O)(=O)NNS2(=O)=O. The van der Waals surface area contributed by atoms with Gasteiger partial charge in [0.15, 0.2) is 0 Å². The van der Waals surface area contributed by atoms with Gasteiger partial charge in [0.25, 0.3) is 20.0 Å². The monoisotopic (exact) mass is 249 g/mol. The van der Waals surface area contributed by atoms with E-state index in [1.807, 2.05) is 0 Å². The summed E-state index contributed by atoms with van der Waals surface area (Å²) in [6, 6.07) is 3.86. The smallest absolute Gasteiger partial charge is 0.257 e. The zero-order valence-corrected chi connectivity index (χ0v) is 8.89. The number of hydrogen-bond acceptors (Lipinski definition) is 5. The highest BCUT2D eigenvalue weighted by molar-refractivity contribution is 7.95. The Bertz CT molecular complexity index is 620. The molecule has 0 radical (unpaired) electrons. The molecule has 0 saturated carbocycles. The molecule has 0 fully saturated rings. The summed E-state index contributed by atoms with van der Waals surface area (Å²) < 4.78 is 45.8. The van der Waals surface area contributed by atoms with Crippen LogP contribution in [-0.4, -0.2) is 16.8 Å². The zero-order valence-electron chi connectivity index (χ0n) is 7.26. The number of rotatable bonds is 0. The van der Waals surface area contributed by atoms with Crippen molar-refractivity contribution >= 4 is 25.7 Å². The number of nitrogens with two attached hydrogens (primary N) is 1. The maximum absolute atomic E-state index is 11.5. The lowest BCUT2D eigenvalue weighted by Gasteiger charge is -2.19. The van der Waals surface area contributed by atoms with Gasteiger partial charge in [-0.25, -0.2) is 16.8 Å². The standard InChI is InChI=1S/C6H7N3O4S2/c7-4-2-1-3-5-6(4)15(12,13)9-8-14(5,10)11/h1-3,8-9H,7H2. The van der Waals surface area contributed by atoms with Crippen LogP contribution in [0.15, 0.2) is 28.0 Å². The van der Waals surface area contributed by atoms with E-state index in [2.05, 4.69) is 0 Å². The van der Waals surface area contributed by atoms with E-state index in [-0.39, 0.29) is 10.6 Å². The first kappa shape index (κ1) is 10.4. The van der Waals surface area contributed by atoms with E-state index in [1.54, 1.807) is 9.66 Å². The van der Waals surface area contributed by atoms with Crippen LogP contribution in [0.25, 0.3) is 0 Å². The summed E-state index contributed by atoms with van der Waals surface area (Å²) in [5.74, 6) is 0. The summed E-state index contributed by atoms with van der Waals surface area (Å²) in [5, 5.41) is 0. The van der Waals surface area contributed by atoms with E-state index in [9.17, 15) is 16.8 Å². The molecule has 0 saturated heterocycles. The fraction of sp³-hybridized carbons (Fsp3) is 0. The molecule has 0 amide bonds. The zero-order chi connectivity index (χ0) is 11.3. The summed E-state index contributed by atoms with van der Waals surface area (Å²) in [4.78, 5) is 2.65. The van der Waals surface area contributed by atoms with E-state index in [0.29, 0.717) is 0 Å². The molecular formula is C6H7N3O4S2. The Morgan fingerprint density at radius 1 is 1.00 bits per heavy atom. The van der Waals surface area contributed by atoms with Gasteiger partial charge in [-0.15, -0.1) is 9.66 Å². The molecule has 1 aromatic carbocycles. The number of hydrazine groups is 1. The van der Waals surface area contributed by atoms with E-state index in [4.69, 9.17) is 5.73 Å². The van der Waals surface area contributed by atoms with Crippen molar-refractivity contribution in [1.82, 2.24) is 9.66 Å². The van der Waals surface area contributed by atoms with Gasteiger partial charge in [-0.1, -0.05) is 6.07 Å². The molecule has 0 atom stereocenters. The highest BCUT2D eigenvalue weighted by Gasteiger charge is 2.34. The molecule has 0 bridgehead atoms. The molecule has 2 rings (SSSR count). The largest absolute Gasteiger partial charge is 0.398 e. The Morgan fingerprint density at radius 2 is 1.60 bits per heavy atom. The average molecular weight is 249 g/mol. The fourth-order valence-electron chi connectivity index (χ4n) is 1.25. The van der Waals surface area contributed by atoms with Crippen molar-refractivity contribution in [3.05, 3.63) is 18.2 Å². The maximum Gasteiger partial charge on any atom is 0.257 e. The fourth-order valence-corrected chi connectivity index (χ4v) is 4.33. The minimum absolute atomic E-state index is 0.106. The quantitative estimate of drug-likeness (QED) is 0.497. The molecule has 0 aromatic heterocycles. The third-order valence-electron chi connectivity index (χ3n) is 1.88. The highest BCUT2D eigenvalue weighted by atomic mass is 32.2. The average Bonchev–Trinajstić information content (AvgIpc) is 2.13. The van der Waals surface area contributed by atoms with Gasteiger partial charge in [0.05, 0.1) is 5.69 Å². The Kier molecular flexibility index (Phi) is 2.01. The van der Waals surface area contributed by atoms with Crippen LogP contribution in [0, 0.1) is 0 Å². The molecular weight excluding hydrogens is 242 g/mol. The van der Waals surface area contributed by atoms with Crippen LogP contribution in [-0.2, 0) is 20.0 Å². The van der Waals surface area contributed by atoms with Gasteiger partial charge >= 0.3 is 0 Å². The van der Waals surface area contributed by atoms with Crippen LogP contribution in [0.4, 0.5) is 5.69 Å². The molecule has 82 valence electrons. The second-order valence-corrected chi connectivity index (χ2v) is 6.16. The molecule has 15 heavy (non-hydrogen) atoms. The number of nitrogen functional groups attached to an aromatic ring is 1. The molecule has 0 spiro atoms. The normalized spacial score (nSPS) is 21.9. The van der Waals surface area contributed by atoms with Gasteiger partial charge in [0.1, 0.15) is 9.79 Å². The highest BCUT2D eigenvalue weighted by Crippen LogP contribution is 2.28. The molecule has 1 heterocycles. The molecule has 0 unspecified atom stereocenters. The van der Waals surface area contributed by atoms with Crippen molar-refractivity contribution in [3.63, 3.8) is 0 Å². The van der Waals surface area contributed by atoms with Crippen molar-refractivity contribution in [2.75, 3.05) is 5.73 Å². The van der Waals surface area contributed by atoms with Gasteiger partial charge in [0.2, 0.25) is 0 Å². The lowest BCUT2D eigenvalue weighted by Crippen LogP contribution is -2.46. The molecule has 4 N–H and O–H groups in total. The number of fused-ring (bicyclic) bond motifs is 1. The summed E-state index contributed by atoms with van der Waals surface area (Å²) in [6.07, 6.45) is 0. The molecule has 0 aliphatic carbocycles. The van der Waals surface area contributed by atoms with Crippen molar-refractivity contribution in [1.29, 1.82) is 0 Å². The minimum Gasteiger partial charge on any atom is -0.398 e. The Balaban J connectivity index is 2.94. The van der Waals surface area contributed by atoms with Gasteiger partial charge in [-0.05, 0) is 12.1 Å². The van der Waals surface area contributed by atoms with Crippen molar-refractivity contribution in [2.24, 2.45) is 0 Å². The van der Waals surface area contributed by atoms with E-state index >= 15 is 0 Å². The first-order chi connectivity index (χ1) is 6.84. The number of anilines is 1. The molecule has 1 aliphatic heterocycles. The predicted molar refractivity (Wildman–Crippen MR) is 51.5 cm³/mol. The summed E-state index contributed by atoms with van der Waals surface area (Å²) in [7, 11) is -7.76. The number of sulfonamides is 2. The van der Waals surface area contributed by atoms with E-state index < -0.39 is 24.9 Å². The van der Waals surface area contributed by atoms with Crippen LogP contribution < -0.4 is 15.4 Å². The number of hydrogen-bond donors (Lipinski definition) is 3. The summed E-state index contributed by atoms with van der Waals surface area (Å²) in [5.41, 5.74) is 5.32. The molecule has 1 aliphatic rings. The lowest BCUT2D eigenvalue weighted by atomic mass is 10.3. The molecule has 9 heteroatoms. The first-order valence-electron chi connectivity index (χ1n) is 3.77. The first-order valence-corrected chi connectivity index (χ1v) is 6.73. The van der Waals surface area contributed by atoms with Gasteiger partial charge in [0, 0.05) is 0 Å². The van der Waals surface area contributed by atoms with Gasteiger partial charge in [-0.3, -0.25) is 0 Å². The van der Waals surface area contributed by atoms with Crippen molar-refractivity contribution in [2.45, 2.75) is 9.79 Å². The van der Waals surface area contributed by atoms with Crippen LogP contribution >= 0.6 is 0 Å². The van der Waals surface area contributed by atoms with Crippen molar-refractivity contribution in [3.8, 4) is 0 Å². The van der Waals surface area contributed by atoms with Gasteiger partial charge < -0.3 is 5.73 Å². The topological polar surface area (TPSA) is 118 Å². The Hall–Kier alpha value is -1.16. The number of nitrogens with one attached hydrogen (secondary N) is 2. The third-order valence-corrected chi connectivity index (χ3v) is 4.79. The van der Waals surface area contributed by atoms with Crippen molar-refractivity contribution < 1.29 is 16.8 Å². The van der Waals surface area contributed by atoms with E-state index in [1.165, 1.54) is 18.2 Å². The summed E-state index contributed by atoms with van der Waals surface area (Å²) >= 11 is 0. The number of benzene rings is 1. The second-order valence-electron chi connectivity index (χ2n) is 2.89. The minimum atomic E-state index is -3.91. The molecule has 1 aromatic rings. The van der Waals surface area contributed by atoms with Gasteiger partial charge in [-0.2, -0.15) is 0 Å². The predicted octanol–water partition coefficient (Wildman–Crippen LogP) is -1.25. The lowest BCUT2D eigenvalue weighted by molar-refractivity contribution is 0.544. The van der Waals surface area contributed by atoms with Crippen LogP contribution in [0.5, 0.6) is 0 Å². The van der Waals surface area contributed by atoms with Crippen LogP contribution in [0.3, 0.4) is 0 Å².